The van der Waals surface area contributed by atoms with Gasteiger partial charge in [-0.25, -0.2) is 22.5 Å². The molecule has 0 bridgehead atoms. The van der Waals surface area contributed by atoms with Crippen molar-refractivity contribution in [2.75, 3.05) is 13.7 Å². The quantitative estimate of drug-likeness (QED) is 0.249. The summed E-state index contributed by atoms with van der Waals surface area (Å²) in [7, 11) is -2.57. The molecule has 6 rings (SSSR count). The van der Waals surface area contributed by atoms with Gasteiger partial charge >= 0.3 is 0 Å². The van der Waals surface area contributed by atoms with E-state index in [4.69, 9.17) is 9.47 Å². The molecule has 3 aromatic rings. The van der Waals surface area contributed by atoms with E-state index in [0.717, 1.165) is 37.8 Å². The number of ether oxygens (including phenoxy) is 2. The molecule has 2 fully saturated rings. The number of carbonyl (C=O) groups excluding carboxylic acids is 3. The summed E-state index contributed by atoms with van der Waals surface area (Å²) in [6, 6.07) is 5.47. The van der Waals surface area contributed by atoms with Gasteiger partial charge in [0.1, 0.15) is 22.8 Å². The van der Waals surface area contributed by atoms with Crippen LogP contribution in [0.25, 0.3) is 16.7 Å². The van der Waals surface area contributed by atoms with Crippen molar-refractivity contribution in [1.29, 1.82) is 0 Å². The van der Waals surface area contributed by atoms with E-state index in [2.05, 4.69) is 25.4 Å². The number of sulfonamides is 1. The average molecular weight is 739 g/mol. The number of benzene rings is 1. The molecule has 3 aliphatic rings. The highest BCUT2D eigenvalue weighted by Gasteiger charge is 2.61. The topological polar surface area (TPSA) is 171 Å². The van der Waals surface area contributed by atoms with E-state index in [-0.39, 0.29) is 54.7 Å². The molecule has 13 nitrogen and oxygen atoms in total. The van der Waals surface area contributed by atoms with Gasteiger partial charge in [0.05, 0.1) is 24.7 Å². The lowest BCUT2D eigenvalue weighted by Gasteiger charge is -2.24. The molecule has 3 amide bonds. The van der Waals surface area contributed by atoms with Crippen LogP contribution in [0.5, 0.6) is 11.5 Å². The second kappa shape index (κ2) is 15.6. The Balaban J connectivity index is 1.25. The van der Waals surface area contributed by atoms with Gasteiger partial charge in [-0.1, -0.05) is 45.3 Å². The van der Waals surface area contributed by atoms with Crippen molar-refractivity contribution in [3.05, 3.63) is 54.1 Å². The highest BCUT2D eigenvalue weighted by Crippen LogP contribution is 2.45. The summed E-state index contributed by atoms with van der Waals surface area (Å²) in [5.41, 5.74) is -0.647. The second-order valence-corrected chi connectivity index (χ2v) is 16.2. The molecule has 52 heavy (non-hydrogen) atoms. The van der Waals surface area contributed by atoms with Crippen LogP contribution >= 0.6 is 0 Å². The molecule has 2 saturated carbocycles. The van der Waals surface area contributed by atoms with Gasteiger partial charge in [0.2, 0.25) is 21.8 Å². The zero-order chi connectivity index (χ0) is 37.0. The Morgan fingerprint density at radius 3 is 2.63 bits per heavy atom. The van der Waals surface area contributed by atoms with Gasteiger partial charge in [0, 0.05) is 36.4 Å². The molecule has 3 heterocycles. The number of amides is 3. The minimum absolute atomic E-state index is 0.00539. The Morgan fingerprint density at radius 1 is 1.12 bits per heavy atom. The number of pyridine rings is 1. The van der Waals surface area contributed by atoms with Crippen LogP contribution < -0.4 is 24.8 Å². The largest absolute Gasteiger partial charge is 0.494 e. The zero-order valence-corrected chi connectivity index (χ0v) is 30.6. The summed E-state index contributed by atoms with van der Waals surface area (Å²) < 4.78 is 56.9. The molecule has 0 radical (unpaired) electrons. The highest BCUT2D eigenvalue weighted by atomic mass is 32.2. The van der Waals surface area contributed by atoms with Gasteiger partial charge in [0.25, 0.3) is 5.91 Å². The highest BCUT2D eigenvalue weighted by molar-refractivity contribution is 7.90. The number of hydrogen-bond donors (Lipinski definition) is 3. The first kappa shape index (κ1) is 37.2. The van der Waals surface area contributed by atoms with Crippen molar-refractivity contribution in [3.8, 4) is 17.3 Å². The van der Waals surface area contributed by atoms with E-state index in [1.165, 1.54) is 17.9 Å². The maximum Gasteiger partial charge on any atom is 0.259 e. The minimum atomic E-state index is -3.93. The SMILES string of the molecule is COc1ccc2c(OCC[C@@H]3NC(=O)CCCCC/C=C\[C@@H]4C[C@@]4(C(=O)NS(=O)(=O)C4CCCC4)NC3=O)cc(-n3ccc(C(C)C)n3)nc2c1F. The Hall–Kier alpha value is -4.53. The molecule has 0 saturated heterocycles. The maximum absolute atomic E-state index is 15.5. The number of carbonyl (C=O) groups is 3. The number of halogens is 1. The van der Waals surface area contributed by atoms with Crippen LogP contribution in [0, 0.1) is 11.7 Å². The van der Waals surface area contributed by atoms with E-state index >= 15 is 4.39 Å². The van der Waals surface area contributed by atoms with Crippen LogP contribution in [-0.2, 0) is 24.4 Å². The molecule has 1 aromatic carbocycles. The lowest BCUT2D eigenvalue weighted by atomic mass is 10.1. The van der Waals surface area contributed by atoms with Gasteiger partial charge in [-0.15, -0.1) is 0 Å². The van der Waals surface area contributed by atoms with Crippen molar-refractivity contribution in [2.24, 2.45) is 5.92 Å². The van der Waals surface area contributed by atoms with E-state index in [9.17, 15) is 22.8 Å². The number of fused-ring (bicyclic) bond motifs is 2. The summed E-state index contributed by atoms with van der Waals surface area (Å²) in [6.45, 7) is 3.93. The summed E-state index contributed by atoms with van der Waals surface area (Å²) >= 11 is 0. The van der Waals surface area contributed by atoms with Crippen molar-refractivity contribution < 1.29 is 36.7 Å². The lowest BCUT2D eigenvalue weighted by molar-refractivity contribution is -0.132. The van der Waals surface area contributed by atoms with Crippen molar-refractivity contribution in [1.82, 2.24) is 30.1 Å². The Morgan fingerprint density at radius 2 is 1.90 bits per heavy atom. The number of methoxy groups -OCH3 is 1. The first-order valence-corrected chi connectivity index (χ1v) is 19.7. The fraction of sp³-hybridized carbons (Fsp3) is 0.541. The van der Waals surface area contributed by atoms with Gasteiger partial charge in [-0.2, -0.15) is 5.10 Å². The molecule has 280 valence electrons. The molecule has 2 aliphatic carbocycles. The molecule has 3 N–H and O–H groups in total. The van der Waals surface area contributed by atoms with Crippen molar-refractivity contribution >= 4 is 38.6 Å². The first-order chi connectivity index (χ1) is 24.9. The van der Waals surface area contributed by atoms with Gasteiger partial charge < -0.3 is 20.1 Å². The standard InChI is InChI=1S/C37H47FN6O7S/c1-23(2)27-17-19-44(42-27)31-21-30(26-15-16-29(50-3)33(38)34(26)40-31)51-20-18-28-35(46)41-37(36(47)43-52(48,49)25-12-9-10-13-25)22-24(37)11-7-5-4-6-8-14-32(45)39-28/h7,11,15-17,19,21,23-25,28H,4-6,8-10,12-14,18,20,22H2,1-3H3,(H,39,45)(H,41,46)(H,43,47)/b11-7-/t24-,28+,37-/m1/s1. The molecular weight excluding hydrogens is 692 g/mol. The van der Waals surface area contributed by atoms with Gasteiger partial charge in [-0.05, 0) is 62.6 Å². The Bertz CT molecular complexity index is 1960. The third kappa shape index (κ3) is 8.08. The maximum atomic E-state index is 15.5. The van der Waals surface area contributed by atoms with Crippen LogP contribution in [0.2, 0.25) is 0 Å². The summed E-state index contributed by atoms with van der Waals surface area (Å²) in [5, 5.41) is 9.92. The summed E-state index contributed by atoms with van der Waals surface area (Å²) in [6.07, 6.45) is 11.5. The summed E-state index contributed by atoms with van der Waals surface area (Å²) in [4.78, 5) is 45.2. The smallest absolute Gasteiger partial charge is 0.259 e. The second-order valence-electron chi connectivity index (χ2n) is 14.2. The molecule has 0 unspecified atom stereocenters. The number of rotatable bonds is 10. The molecule has 3 atom stereocenters. The van der Waals surface area contributed by atoms with Crippen LogP contribution in [0.4, 0.5) is 4.39 Å². The zero-order valence-electron chi connectivity index (χ0n) is 29.8. The van der Waals surface area contributed by atoms with Crippen molar-refractivity contribution in [2.45, 2.75) is 107 Å². The number of nitrogens with one attached hydrogen (secondary N) is 3. The van der Waals surface area contributed by atoms with Crippen LogP contribution in [-0.4, -0.2) is 71.5 Å². The monoisotopic (exact) mass is 738 g/mol. The third-order valence-corrected chi connectivity index (χ3v) is 12.0. The Labute approximate surface area is 303 Å². The first-order valence-electron chi connectivity index (χ1n) is 18.1. The van der Waals surface area contributed by atoms with Crippen LogP contribution in [0.3, 0.4) is 0 Å². The fourth-order valence-electron chi connectivity index (χ4n) is 6.96. The number of aromatic nitrogens is 3. The third-order valence-electron chi connectivity index (χ3n) is 10.2. The van der Waals surface area contributed by atoms with Gasteiger partial charge in [-0.3, -0.25) is 19.1 Å². The molecular formula is C37H47FN6O7S. The van der Waals surface area contributed by atoms with E-state index in [0.29, 0.717) is 30.5 Å². The summed E-state index contributed by atoms with van der Waals surface area (Å²) in [5.74, 6) is -2.07. The molecule has 0 spiro atoms. The Kier molecular flexibility index (Phi) is 11.2. The van der Waals surface area contributed by atoms with Crippen LogP contribution in [0.1, 0.15) is 96.1 Å². The molecule has 2 aromatic heterocycles. The normalized spacial score (nSPS) is 23.7. The number of hydrogen-bond acceptors (Lipinski definition) is 9. The average Bonchev–Trinajstić information content (AvgIpc) is 3.47. The minimum Gasteiger partial charge on any atom is -0.494 e. The van der Waals surface area contributed by atoms with E-state index in [1.807, 2.05) is 32.1 Å². The predicted octanol–water partition coefficient (Wildman–Crippen LogP) is 4.73. The number of nitrogens with zero attached hydrogens (tertiary/aromatic N) is 3. The lowest BCUT2D eigenvalue weighted by Crippen LogP contribution is -2.57. The van der Waals surface area contributed by atoms with E-state index in [1.54, 1.807) is 18.3 Å². The fourth-order valence-corrected chi connectivity index (χ4v) is 8.52. The van der Waals surface area contributed by atoms with E-state index < -0.39 is 50.4 Å². The molecule has 1 aliphatic heterocycles. The van der Waals surface area contributed by atoms with Crippen molar-refractivity contribution in [3.63, 3.8) is 0 Å². The van der Waals surface area contributed by atoms with Gasteiger partial charge in [0.15, 0.2) is 17.4 Å². The molecule has 15 heteroatoms. The predicted molar refractivity (Wildman–Crippen MR) is 192 cm³/mol. The number of allylic oxidation sites excluding steroid dienone is 1. The van der Waals surface area contributed by atoms with Crippen LogP contribution in [0.15, 0.2) is 42.6 Å².